The van der Waals surface area contributed by atoms with Crippen molar-refractivity contribution in [2.24, 2.45) is 0 Å². The summed E-state index contributed by atoms with van der Waals surface area (Å²) < 4.78 is 25.8. The second kappa shape index (κ2) is 9.20. The Morgan fingerprint density at radius 2 is 1.27 bits per heavy atom. The zero-order valence-corrected chi connectivity index (χ0v) is 13.2. The maximum Gasteiger partial charge on any atom is 0.145 e. The van der Waals surface area contributed by atoms with Crippen LogP contribution < -0.4 is 0 Å². The monoisotopic (exact) mass is 308 g/mol. The Balaban J connectivity index is 0.000000220. The van der Waals surface area contributed by atoms with Crippen molar-refractivity contribution in [1.29, 1.82) is 0 Å². The van der Waals surface area contributed by atoms with Gasteiger partial charge in [-0.1, -0.05) is 20.8 Å². The van der Waals surface area contributed by atoms with Crippen LogP contribution in [0.3, 0.4) is 0 Å². The fourth-order valence-corrected chi connectivity index (χ4v) is 1.81. The molecule has 2 aromatic rings. The van der Waals surface area contributed by atoms with Gasteiger partial charge in [-0.25, -0.2) is 8.78 Å². The topological polar surface area (TPSA) is 46.0 Å². The number of pyridine rings is 2. The molecule has 0 unspecified atom stereocenters. The van der Waals surface area contributed by atoms with E-state index in [9.17, 15) is 8.78 Å². The van der Waals surface area contributed by atoms with Crippen molar-refractivity contribution in [3.05, 3.63) is 58.7 Å². The van der Waals surface area contributed by atoms with Crippen LogP contribution in [0.2, 0.25) is 0 Å². The fourth-order valence-electron chi connectivity index (χ4n) is 1.81. The van der Waals surface area contributed by atoms with Gasteiger partial charge >= 0.3 is 0 Å². The second-order valence-electron chi connectivity index (χ2n) is 4.76. The largest absolute Gasteiger partial charge is 0.392 e. The van der Waals surface area contributed by atoms with E-state index in [0.29, 0.717) is 29.8 Å². The highest BCUT2D eigenvalue weighted by Crippen LogP contribution is 2.08. The molecule has 0 fully saturated rings. The normalized spacial score (nSPS) is 10.1. The Kier molecular flexibility index (Phi) is 7.60. The van der Waals surface area contributed by atoms with Gasteiger partial charge in [-0.05, 0) is 42.5 Å². The molecule has 3 nitrogen and oxygen atoms in total. The van der Waals surface area contributed by atoms with E-state index in [1.807, 2.05) is 20.8 Å². The number of aryl methyl sites for hydroxylation is 3. The van der Waals surface area contributed by atoms with Crippen LogP contribution in [-0.2, 0) is 25.9 Å². The van der Waals surface area contributed by atoms with Crippen LogP contribution in [0.4, 0.5) is 8.78 Å². The zero-order valence-electron chi connectivity index (χ0n) is 13.2. The van der Waals surface area contributed by atoms with Crippen LogP contribution in [-0.4, -0.2) is 15.1 Å². The van der Waals surface area contributed by atoms with E-state index < -0.39 is 0 Å². The molecule has 0 atom stereocenters. The van der Waals surface area contributed by atoms with Gasteiger partial charge in [0.25, 0.3) is 0 Å². The van der Waals surface area contributed by atoms with E-state index in [4.69, 9.17) is 5.11 Å². The average Bonchev–Trinajstić information content (AvgIpc) is 2.55. The Hall–Kier alpha value is -1.88. The van der Waals surface area contributed by atoms with Crippen molar-refractivity contribution in [2.75, 3.05) is 0 Å². The lowest BCUT2D eigenvalue weighted by Gasteiger charge is -1.99. The zero-order chi connectivity index (χ0) is 16.5. The second-order valence-corrected chi connectivity index (χ2v) is 4.76. The summed E-state index contributed by atoms with van der Waals surface area (Å²) >= 11 is 0. The molecule has 22 heavy (non-hydrogen) atoms. The van der Waals surface area contributed by atoms with Crippen LogP contribution in [0.15, 0.2) is 24.5 Å². The van der Waals surface area contributed by atoms with Gasteiger partial charge in [-0.3, -0.25) is 9.97 Å². The third-order valence-electron chi connectivity index (χ3n) is 3.21. The fraction of sp³-hybridized carbons (Fsp3) is 0.412. The van der Waals surface area contributed by atoms with E-state index >= 15 is 0 Å². The minimum absolute atomic E-state index is 0.159. The number of aliphatic hydroxyl groups excluding tert-OH is 1. The highest BCUT2D eigenvalue weighted by atomic mass is 19.1. The van der Waals surface area contributed by atoms with Crippen molar-refractivity contribution in [3.63, 3.8) is 0 Å². The molecule has 0 aromatic carbocycles. The van der Waals surface area contributed by atoms with Gasteiger partial charge in [-0.2, -0.15) is 0 Å². The highest BCUT2D eigenvalue weighted by molar-refractivity contribution is 5.16. The summed E-state index contributed by atoms with van der Waals surface area (Å²) in [4.78, 5) is 7.83. The molecule has 0 amide bonds. The molecule has 2 heterocycles. The first kappa shape index (κ1) is 18.2. The number of hydrogen-bond acceptors (Lipinski definition) is 3. The maximum absolute atomic E-state index is 13.0. The number of aromatic nitrogens is 2. The molecule has 0 spiro atoms. The molecule has 0 bridgehead atoms. The standard InChI is InChI=1S/C9H12FN.C8H10FNO/c1-3-7-5-8(10)9(4-2)11-6-7;1-2-8-7(9)3-6(5-11)4-10-8/h5-6H,3-4H2,1-2H3;3-4,11H,2,5H2,1H3. The molecule has 2 rings (SSSR count). The van der Waals surface area contributed by atoms with Crippen molar-refractivity contribution < 1.29 is 13.9 Å². The third kappa shape index (κ3) is 5.15. The van der Waals surface area contributed by atoms with Crippen molar-refractivity contribution >= 4 is 0 Å². The van der Waals surface area contributed by atoms with Gasteiger partial charge in [0.15, 0.2) is 0 Å². The third-order valence-corrected chi connectivity index (χ3v) is 3.21. The van der Waals surface area contributed by atoms with Gasteiger partial charge in [-0.15, -0.1) is 0 Å². The first-order valence-corrected chi connectivity index (χ1v) is 7.43. The highest BCUT2D eigenvalue weighted by Gasteiger charge is 2.02. The minimum Gasteiger partial charge on any atom is -0.392 e. The van der Waals surface area contributed by atoms with Crippen LogP contribution in [0.25, 0.3) is 0 Å². The maximum atomic E-state index is 13.0. The first-order valence-electron chi connectivity index (χ1n) is 7.43. The predicted octanol–water partition coefficient (Wildman–Crippen LogP) is 3.62. The molecule has 2 aromatic heterocycles. The quantitative estimate of drug-likeness (QED) is 0.938. The molecular weight excluding hydrogens is 286 g/mol. The van der Waals surface area contributed by atoms with Crippen molar-refractivity contribution in [1.82, 2.24) is 9.97 Å². The molecule has 0 radical (unpaired) electrons. The number of halogens is 2. The lowest BCUT2D eigenvalue weighted by atomic mass is 10.2. The van der Waals surface area contributed by atoms with Crippen LogP contribution >= 0.6 is 0 Å². The summed E-state index contributed by atoms with van der Waals surface area (Å²) in [5.74, 6) is -0.508. The molecule has 0 aliphatic carbocycles. The summed E-state index contributed by atoms with van der Waals surface area (Å²) in [6.07, 6.45) is 5.31. The minimum atomic E-state index is -0.334. The van der Waals surface area contributed by atoms with Crippen LogP contribution in [0.5, 0.6) is 0 Å². The Morgan fingerprint density at radius 1 is 0.818 bits per heavy atom. The van der Waals surface area contributed by atoms with Gasteiger partial charge in [0, 0.05) is 12.4 Å². The van der Waals surface area contributed by atoms with Gasteiger partial charge in [0.2, 0.25) is 0 Å². The Morgan fingerprint density at radius 3 is 1.64 bits per heavy atom. The van der Waals surface area contributed by atoms with E-state index in [2.05, 4.69) is 9.97 Å². The SMILES string of the molecule is CCc1cnc(CC)c(F)c1.CCc1ncc(CO)cc1F. The number of nitrogens with zero attached hydrogens (tertiary/aromatic N) is 2. The number of hydrogen-bond donors (Lipinski definition) is 1. The molecule has 0 aliphatic heterocycles. The smallest absolute Gasteiger partial charge is 0.145 e. The number of aliphatic hydroxyl groups is 1. The average molecular weight is 308 g/mol. The summed E-state index contributed by atoms with van der Waals surface area (Å²) in [7, 11) is 0. The van der Waals surface area contributed by atoms with E-state index in [0.717, 1.165) is 12.0 Å². The van der Waals surface area contributed by atoms with E-state index in [-0.39, 0.29) is 18.2 Å². The molecule has 0 saturated carbocycles. The lowest BCUT2D eigenvalue weighted by molar-refractivity contribution is 0.280. The van der Waals surface area contributed by atoms with Gasteiger partial charge in [0.05, 0.1) is 18.0 Å². The summed E-state index contributed by atoms with van der Waals surface area (Å²) in [6, 6.07) is 2.87. The van der Waals surface area contributed by atoms with Crippen molar-refractivity contribution in [2.45, 2.75) is 46.6 Å². The molecule has 0 saturated heterocycles. The summed E-state index contributed by atoms with van der Waals surface area (Å²) in [5.41, 5.74) is 2.48. The van der Waals surface area contributed by atoms with Gasteiger partial charge in [0.1, 0.15) is 11.6 Å². The lowest BCUT2D eigenvalue weighted by Crippen LogP contribution is -1.95. The Labute approximate surface area is 130 Å². The number of rotatable bonds is 4. The molecular formula is C17H22F2N2O. The molecule has 120 valence electrons. The summed E-state index contributed by atoms with van der Waals surface area (Å²) in [5, 5.41) is 8.62. The Bertz CT molecular complexity index is 550. The molecule has 5 heteroatoms. The molecule has 1 N–H and O–H groups in total. The van der Waals surface area contributed by atoms with Crippen LogP contribution in [0, 0.1) is 11.6 Å². The van der Waals surface area contributed by atoms with E-state index in [1.54, 1.807) is 12.3 Å². The first-order chi connectivity index (χ1) is 10.5. The predicted molar refractivity (Wildman–Crippen MR) is 82.4 cm³/mol. The van der Waals surface area contributed by atoms with Crippen LogP contribution in [0.1, 0.15) is 43.3 Å². The van der Waals surface area contributed by atoms with Gasteiger partial charge < -0.3 is 5.11 Å². The molecule has 0 aliphatic rings. The van der Waals surface area contributed by atoms with E-state index in [1.165, 1.54) is 12.3 Å². The summed E-state index contributed by atoms with van der Waals surface area (Å²) in [6.45, 7) is 5.57. The van der Waals surface area contributed by atoms with Crippen molar-refractivity contribution in [3.8, 4) is 0 Å².